The molecular formula is C12H11NO2S. The molecule has 0 fully saturated rings. The molecule has 2 aromatic heterocycles. The molecule has 0 saturated heterocycles. The van der Waals surface area contributed by atoms with Crippen LogP contribution in [-0.2, 0) is 4.74 Å². The van der Waals surface area contributed by atoms with E-state index in [4.69, 9.17) is 4.74 Å². The molecule has 0 aliphatic rings. The Kier molecular flexibility index (Phi) is 3.31. The highest BCUT2D eigenvalue weighted by atomic mass is 32.1. The Bertz CT molecular complexity index is 479. The van der Waals surface area contributed by atoms with Crippen LogP contribution in [0.3, 0.4) is 0 Å². The van der Waals surface area contributed by atoms with E-state index in [9.17, 15) is 4.79 Å². The Morgan fingerprint density at radius 1 is 1.50 bits per heavy atom. The van der Waals surface area contributed by atoms with Gasteiger partial charge in [0.1, 0.15) is 4.88 Å². The van der Waals surface area contributed by atoms with E-state index in [2.05, 4.69) is 4.98 Å². The first-order chi connectivity index (χ1) is 7.83. The summed E-state index contributed by atoms with van der Waals surface area (Å²) in [6.07, 6.45) is 3.45. The monoisotopic (exact) mass is 233 g/mol. The van der Waals surface area contributed by atoms with Crippen molar-refractivity contribution in [2.75, 3.05) is 6.61 Å². The number of carbonyl (C=O) groups excluding carboxylic acids is 1. The van der Waals surface area contributed by atoms with Gasteiger partial charge in [-0.2, -0.15) is 0 Å². The van der Waals surface area contributed by atoms with Gasteiger partial charge in [0.2, 0.25) is 0 Å². The van der Waals surface area contributed by atoms with Crippen LogP contribution in [0, 0.1) is 0 Å². The molecule has 16 heavy (non-hydrogen) atoms. The molecule has 0 amide bonds. The third-order valence-electron chi connectivity index (χ3n) is 2.10. The summed E-state index contributed by atoms with van der Waals surface area (Å²) in [5, 5.41) is 1.88. The lowest BCUT2D eigenvalue weighted by molar-refractivity contribution is 0.0533. The molecule has 0 spiro atoms. The van der Waals surface area contributed by atoms with Crippen molar-refractivity contribution in [3.05, 3.63) is 40.8 Å². The summed E-state index contributed by atoms with van der Waals surface area (Å²) in [5.74, 6) is -0.267. The van der Waals surface area contributed by atoms with Gasteiger partial charge in [0, 0.05) is 23.5 Å². The highest BCUT2D eigenvalue weighted by Gasteiger charge is 2.15. The lowest BCUT2D eigenvalue weighted by atomic mass is 10.1. The van der Waals surface area contributed by atoms with E-state index in [1.807, 2.05) is 23.6 Å². The van der Waals surface area contributed by atoms with E-state index in [0.29, 0.717) is 11.5 Å². The molecular weight excluding hydrogens is 222 g/mol. The molecule has 0 aliphatic heterocycles. The van der Waals surface area contributed by atoms with E-state index in [1.54, 1.807) is 19.3 Å². The standard InChI is InChI=1S/C12H11NO2S/c1-2-15-12(14)11-10(5-7-16-11)9-4-3-6-13-8-9/h3-8H,2H2,1H3. The van der Waals surface area contributed by atoms with E-state index in [1.165, 1.54) is 11.3 Å². The van der Waals surface area contributed by atoms with Gasteiger partial charge in [-0.25, -0.2) is 4.79 Å². The van der Waals surface area contributed by atoms with E-state index >= 15 is 0 Å². The van der Waals surface area contributed by atoms with Crippen molar-refractivity contribution in [1.29, 1.82) is 0 Å². The van der Waals surface area contributed by atoms with E-state index in [-0.39, 0.29) is 5.97 Å². The molecule has 0 bridgehead atoms. The van der Waals surface area contributed by atoms with Gasteiger partial charge in [0.15, 0.2) is 0 Å². The molecule has 4 heteroatoms. The number of pyridine rings is 1. The van der Waals surface area contributed by atoms with Crippen LogP contribution in [0.2, 0.25) is 0 Å². The molecule has 2 aromatic rings. The van der Waals surface area contributed by atoms with Crippen molar-refractivity contribution >= 4 is 17.3 Å². The summed E-state index contributed by atoms with van der Waals surface area (Å²) in [7, 11) is 0. The second kappa shape index (κ2) is 4.90. The lowest BCUT2D eigenvalue weighted by Crippen LogP contribution is -2.03. The topological polar surface area (TPSA) is 39.2 Å². The molecule has 3 nitrogen and oxygen atoms in total. The van der Waals surface area contributed by atoms with Crippen LogP contribution in [0.15, 0.2) is 36.0 Å². The van der Waals surface area contributed by atoms with E-state index < -0.39 is 0 Å². The van der Waals surface area contributed by atoms with Crippen LogP contribution in [0.25, 0.3) is 11.1 Å². The molecule has 0 aromatic carbocycles. The number of thiophene rings is 1. The maximum Gasteiger partial charge on any atom is 0.348 e. The van der Waals surface area contributed by atoms with Crippen LogP contribution in [-0.4, -0.2) is 17.6 Å². The third kappa shape index (κ3) is 2.12. The first-order valence-corrected chi connectivity index (χ1v) is 5.86. The summed E-state index contributed by atoms with van der Waals surface area (Å²) in [5.41, 5.74) is 1.82. The Balaban J connectivity index is 2.37. The van der Waals surface area contributed by atoms with Crippen molar-refractivity contribution < 1.29 is 9.53 Å². The molecule has 0 saturated carbocycles. The maximum atomic E-state index is 11.7. The first kappa shape index (κ1) is 10.8. The Labute approximate surface area is 97.7 Å². The number of carbonyl (C=O) groups is 1. The highest BCUT2D eigenvalue weighted by molar-refractivity contribution is 7.12. The number of aromatic nitrogens is 1. The molecule has 2 heterocycles. The van der Waals surface area contributed by atoms with Gasteiger partial charge in [-0.3, -0.25) is 4.98 Å². The number of nitrogens with zero attached hydrogens (tertiary/aromatic N) is 1. The second-order valence-corrected chi connectivity index (χ2v) is 4.04. The van der Waals surface area contributed by atoms with Gasteiger partial charge in [0.25, 0.3) is 0 Å². The lowest BCUT2D eigenvalue weighted by Gasteiger charge is -2.02. The quantitative estimate of drug-likeness (QED) is 0.765. The van der Waals surface area contributed by atoms with Gasteiger partial charge in [-0.05, 0) is 24.4 Å². The predicted molar refractivity (Wildman–Crippen MR) is 63.5 cm³/mol. The molecule has 0 radical (unpaired) electrons. The highest BCUT2D eigenvalue weighted by Crippen LogP contribution is 2.28. The van der Waals surface area contributed by atoms with Crippen molar-refractivity contribution in [3.63, 3.8) is 0 Å². The minimum Gasteiger partial charge on any atom is -0.462 e. The normalized spacial score (nSPS) is 10.1. The summed E-state index contributed by atoms with van der Waals surface area (Å²) in [6, 6.07) is 5.69. The largest absolute Gasteiger partial charge is 0.462 e. The van der Waals surface area contributed by atoms with Crippen LogP contribution in [0.1, 0.15) is 16.6 Å². The molecule has 2 rings (SSSR count). The summed E-state index contributed by atoms with van der Waals surface area (Å²) in [4.78, 5) is 16.3. The fraction of sp³-hybridized carbons (Fsp3) is 0.167. The van der Waals surface area contributed by atoms with Crippen LogP contribution in [0.4, 0.5) is 0 Å². The number of rotatable bonds is 3. The zero-order valence-electron chi connectivity index (χ0n) is 8.84. The summed E-state index contributed by atoms with van der Waals surface area (Å²) >= 11 is 1.39. The fourth-order valence-electron chi connectivity index (χ4n) is 1.41. The Hall–Kier alpha value is -1.68. The number of esters is 1. The van der Waals surface area contributed by atoms with Crippen molar-refractivity contribution in [2.24, 2.45) is 0 Å². The summed E-state index contributed by atoms with van der Waals surface area (Å²) in [6.45, 7) is 2.19. The zero-order chi connectivity index (χ0) is 11.4. The second-order valence-electron chi connectivity index (χ2n) is 3.13. The molecule has 82 valence electrons. The van der Waals surface area contributed by atoms with Gasteiger partial charge < -0.3 is 4.74 Å². The minimum atomic E-state index is -0.267. The van der Waals surface area contributed by atoms with Crippen molar-refractivity contribution in [3.8, 4) is 11.1 Å². The number of hydrogen-bond donors (Lipinski definition) is 0. The SMILES string of the molecule is CCOC(=O)c1sccc1-c1cccnc1. The minimum absolute atomic E-state index is 0.267. The molecule has 0 unspecified atom stereocenters. The average Bonchev–Trinajstić information content (AvgIpc) is 2.79. The number of ether oxygens (including phenoxy) is 1. The Morgan fingerprint density at radius 2 is 2.38 bits per heavy atom. The van der Waals surface area contributed by atoms with Crippen LogP contribution < -0.4 is 0 Å². The van der Waals surface area contributed by atoms with Gasteiger partial charge >= 0.3 is 5.97 Å². The van der Waals surface area contributed by atoms with Crippen LogP contribution >= 0.6 is 11.3 Å². The average molecular weight is 233 g/mol. The van der Waals surface area contributed by atoms with Gasteiger partial charge in [-0.15, -0.1) is 11.3 Å². The van der Waals surface area contributed by atoms with Crippen molar-refractivity contribution in [2.45, 2.75) is 6.92 Å². The third-order valence-corrected chi connectivity index (χ3v) is 2.99. The van der Waals surface area contributed by atoms with Gasteiger partial charge in [0.05, 0.1) is 6.61 Å². The Morgan fingerprint density at radius 3 is 3.06 bits per heavy atom. The molecule has 0 atom stereocenters. The van der Waals surface area contributed by atoms with E-state index in [0.717, 1.165) is 11.1 Å². The van der Waals surface area contributed by atoms with Gasteiger partial charge in [-0.1, -0.05) is 6.07 Å². The predicted octanol–water partition coefficient (Wildman–Crippen LogP) is 2.99. The molecule has 0 N–H and O–H groups in total. The fourth-order valence-corrected chi connectivity index (χ4v) is 2.22. The number of hydrogen-bond acceptors (Lipinski definition) is 4. The zero-order valence-corrected chi connectivity index (χ0v) is 9.66. The smallest absolute Gasteiger partial charge is 0.348 e. The maximum absolute atomic E-state index is 11.7. The van der Waals surface area contributed by atoms with Crippen molar-refractivity contribution in [1.82, 2.24) is 4.98 Å². The van der Waals surface area contributed by atoms with Crippen LogP contribution in [0.5, 0.6) is 0 Å². The molecule has 0 aliphatic carbocycles. The first-order valence-electron chi connectivity index (χ1n) is 4.98. The summed E-state index contributed by atoms with van der Waals surface area (Å²) < 4.78 is 5.00.